The SMILES string of the molecule is COC(OC)C(C)Nc1cccc2c(=O)[nH][nH]c(=O)c12. The second-order valence-electron chi connectivity index (χ2n) is 4.41. The standard InChI is InChI=1S/C13H17N3O4/c1-7(13(19-2)20-3)14-9-6-4-5-8-10(9)12(18)16-15-11(8)17/h4-7,13-14H,1-3H3,(H,15,17)(H,16,18). The Bertz CT molecular complexity index is 703. The van der Waals surface area contributed by atoms with E-state index in [0.717, 1.165) is 0 Å². The molecule has 7 heteroatoms. The van der Waals surface area contributed by atoms with Crippen molar-refractivity contribution in [1.29, 1.82) is 0 Å². The monoisotopic (exact) mass is 279 g/mol. The van der Waals surface area contributed by atoms with Crippen LogP contribution in [-0.4, -0.2) is 36.7 Å². The van der Waals surface area contributed by atoms with Crippen LogP contribution < -0.4 is 16.4 Å². The van der Waals surface area contributed by atoms with E-state index in [1.165, 1.54) is 14.2 Å². The van der Waals surface area contributed by atoms with Gasteiger partial charge in [-0.3, -0.25) is 19.8 Å². The number of anilines is 1. The van der Waals surface area contributed by atoms with Crippen molar-refractivity contribution in [1.82, 2.24) is 10.2 Å². The van der Waals surface area contributed by atoms with Crippen molar-refractivity contribution in [3.63, 3.8) is 0 Å². The van der Waals surface area contributed by atoms with Crippen LogP contribution in [0.15, 0.2) is 27.8 Å². The van der Waals surface area contributed by atoms with Crippen LogP contribution >= 0.6 is 0 Å². The number of aromatic amines is 2. The minimum atomic E-state index is -0.466. The molecule has 2 rings (SSSR count). The number of hydrogen-bond donors (Lipinski definition) is 3. The maximum Gasteiger partial charge on any atom is 0.272 e. The molecule has 3 N–H and O–H groups in total. The first kappa shape index (κ1) is 14.3. The normalized spacial score (nSPS) is 12.8. The molecule has 0 aliphatic heterocycles. The van der Waals surface area contributed by atoms with Crippen LogP contribution in [0.4, 0.5) is 5.69 Å². The van der Waals surface area contributed by atoms with Gasteiger partial charge in [-0.1, -0.05) is 6.07 Å². The van der Waals surface area contributed by atoms with E-state index >= 15 is 0 Å². The van der Waals surface area contributed by atoms with Gasteiger partial charge in [0.05, 0.1) is 16.8 Å². The molecular formula is C13H17N3O4. The molecule has 1 unspecified atom stereocenters. The van der Waals surface area contributed by atoms with E-state index in [1.54, 1.807) is 18.2 Å². The van der Waals surface area contributed by atoms with E-state index in [9.17, 15) is 9.59 Å². The molecule has 108 valence electrons. The Labute approximate surface area is 114 Å². The van der Waals surface area contributed by atoms with Gasteiger partial charge < -0.3 is 14.8 Å². The van der Waals surface area contributed by atoms with Gasteiger partial charge >= 0.3 is 0 Å². The van der Waals surface area contributed by atoms with E-state index in [1.807, 2.05) is 6.92 Å². The van der Waals surface area contributed by atoms with Gasteiger partial charge in [-0.2, -0.15) is 0 Å². The molecule has 0 fully saturated rings. The number of aromatic nitrogens is 2. The van der Waals surface area contributed by atoms with Gasteiger partial charge in [0.2, 0.25) is 0 Å². The quantitative estimate of drug-likeness (QED) is 0.698. The number of methoxy groups -OCH3 is 2. The molecule has 0 bridgehead atoms. The van der Waals surface area contributed by atoms with Crippen LogP contribution in [-0.2, 0) is 9.47 Å². The molecule has 1 heterocycles. The Balaban J connectivity index is 2.48. The fraction of sp³-hybridized carbons (Fsp3) is 0.385. The largest absolute Gasteiger partial charge is 0.377 e. The van der Waals surface area contributed by atoms with Crippen LogP contribution in [0.5, 0.6) is 0 Å². The number of hydrogen-bond acceptors (Lipinski definition) is 5. The highest BCUT2D eigenvalue weighted by Gasteiger charge is 2.17. The molecule has 1 aromatic heterocycles. The van der Waals surface area contributed by atoms with Crippen LogP contribution in [0, 0.1) is 0 Å². The Morgan fingerprint density at radius 1 is 1.10 bits per heavy atom. The van der Waals surface area contributed by atoms with Gasteiger partial charge in [-0.25, -0.2) is 0 Å². The molecule has 0 saturated heterocycles. The summed E-state index contributed by atoms with van der Waals surface area (Å²) in [4.78, 5) is 23.6. The van der Waals surface area contributed by atoms with Crippen LogP contribution in [0.1, 0.15) is 6.92 Å². The number of ether oxygens (including phenoxy) is 2. The second-order valence-corrected chi connectivity index (χ2v) is 4.41. The van der Waals surface area contributed by atoms with Crippen LogP contribution in [0.25, 0.3) is 10.8 Å². The van der Waals surface area contributed by atoms with Crippen molar-refractivity contribution in [2.45, 2.75) is 19.3 Å². The van der Waals surface area contributed by atoms with Gasteiger partial charge in [0, 0.05) is 19.9 Å². The molecule has 0 spiro atoms. The summed E-state index contributed by atoms with van der Waals surface area (Å²) in [5.74, 6) is 0. The van der Waals surface area contributed by atoms with Crippen molar-refractivity contribution >= 4 is 16.5 Å². The maximum atomic E-state index is 11.9. The van der Waals surface area contributed by atoms with Crippen LogP contribution in [0.2, 0.25) is 0 Å². The maximum absolute atomic E-state index is 11.9. The molecule has 0 amide bonds. The minimum Gasteiger partial charge on any atom is -0.377 e. The number of rotatable bonds is 5. The molecule has 0 aliphatic carbocycles. The van der Waals surface area contributed by atoms with Gasteiger partial charge in [0.25, 0.3) is 11.1 Å². The van der Waals surface area contributed by atoms with Crippen LogP contribution in [0.3, 0.4) is 0 Å². The van der Waals surface area contributed by atoms with Crippen molar-refractivity contribution in [2.75, 3.05) is 19.5 Å². The van der Waals surface area contributed by atoms with Crippen molar-refractivity contribution < 1.29 is 9.47 Å². The molecular weight excluding hydrogens is 262 g/mol. The zero-order chi connectivity index (χ0) is 14.7. The van der Waals surface area contributed by atoms with E-state index in [-0.39, 0.29) is 17.2 Å². The summed E-state index contributed by atoms with van der Waals surface area (Å²) >= 11 is 0. The van der Waals surface area contributed by atoms with Gasteiger partial charge in [-0.15, -0.1) is 0 Å². The summed E-state index contributed by atoms with van der Waals surface area (Å²) in [5.41, 5.74) is -0.145. The first-order chi connectivity index (χ1) is 9.58. The topological polar surface area (TPSA) is 96.2 Å². The van der Waals surface area contributed by atoms with E-state index in [2.05, 4.69) is 15.5 Å². The third kappa shape index (κ3) is 2.59. The molecule has 0 aliphatic rings. The molecule has 1 aromatic carbocycles. The Morgan fingerprint density at radius 3 is 2.40 bits per heavy atom. The summed E-state index contributed by atoms with van der Waals surface area (Å²) in [5, 5.41) is 8.39. The lowest BCUT2D eigenvalue weighted by Crippen LogP contribution is -2.34. The van der Waals surface area contributed by atoms with Gasteiger partial charge in [-0.05, 0) is 19.1 Å². The Kier molecular flexibility index (Phi) is 4.21. The highest BCUT2D eigenvalue weighted by atomic mass is 16.7. The summed E-state index contributed by atoms with van der Waals surface area (Å²) in [7, 11) is 3.07. The predicted octanol–water partition coefficient (Wildman–Crippen LogP) is 0.636. The van der Waals surface area contributed by atoms with E-state index in [0.29, 0.717) is 16.5 Å². The summed E-state index contributed by atoms with van der Waals surface area (Å²) in [6.45, 7) is 1.86. The lowest BCUT2D eigenvalue weighted by molar-refractivity contribution is -0.109. The summed E-state index contributed by atoms with van der Waals surface area (Å²) < 4.78 is 10.3. The summed E-state index contributed by atoms with van der Waals surface area (Å²) in [6.07, 6.45) is -0.466. The molecule has 1 atom stereocenters. The third-order valence-corrected chi connectivity index (χ3v) is 3.08. The van der Waals surface area contributed by atoms with E-state index < -0.39 is 6.29 Å². The zero-order valence-electron chi connectivity index (χ0n) is 11.5. The fourth-order valence-corrected chi connectivity index (χ4v) is 2.17. The molecule has 0 saturated carbocycles. The summed E-state index contributed by atoms with van der Waals surface area (Å²) in [6, 6.07) is 4.84. The molecule has 7 nitrogen and oxygen atoms in total. The van der Waals surface area contributed by atoms with Gasteiger partial charge in [0.15, 0.2) is 6.29 Å². The highest BCUT2D eigenvalue weighted by molar-refractivity contribution is 5.92. The molecule has 0 radical (unpaired) electrons. The lowest BCUT2D eigenvalue weighted by Gasteiger charge is -2.23. The van der Waals surface area contributed by atoms with E-state index in [4.69, 9.17) is 9.47 Å². The van der Waals surface area contributed by atoms with Crippen molar-refractivity contribution in [3.05, 3.63) is 38.9 Å². The first-order valence-electron chi connectivity index (χ1n) is 6.14. The fourth-order valence-electron chi connectivity index (χ4n) is 2.17. The van der Waals surface area contributed by atoms with Gasteiger partial charge in [0.1, 0.15) is 0 Å². The number of H-pyrrole nitrogens is 2. The predicted molar refractivity (Wildman–Crippen MR) is 76.1 cm³/mol. The Hall–Kier alpha value is -2.12. The second kappa shape index (κ2) is 5.89. The average Bonchev–Trinajstić information content (AvgIpc) is 2.44. The Morgan fingerprint density at radius 2 is 1.75 bits per heavy atom. The zero-order valence-corrected chi connectivity index (χ0v) is 11.5. The molecule has 20 heavy (non-hydrogen) atoms. The highest BCUT2D eigenvalue weighted by Crippen LogP contribution is 2.18. The smallest absolute Gasteiger partial charge is 0.272 e. The molecule has 2 aromatic rings. The third-order valence-electron chi connectivity index (χ3n) is 3.08. The lowest BCUT2D eigenvalue weighted by atomic mass is 10.1. The number of benzene rings is 1. The van der Waals surface area contributed by atoms with Crippen molar-refractivity contribution in [2.24, 2.45) is 0 Å². The van der Waals surface area contributed by atoms with Crippen molar-refractivity contribution in [3.8, 4) is 0 Å². The average molecular weight is 279 g/mol. The minimum absolute atomic E-state index is 0.200. The number of nitrogens with one attached hydrogen (secondary N) is 3. The number of fused-ring (bicyclic) bond motifs is 1. The first-order valence-corrected chi connectivity index (χ1v) is 6.14.